The molecule has 1 N–H and O–H groups in total. The third-order valence-corrected chi connectivity index (χ3v) is 4.28. The summed E-state index contributed by atoms with van der Waals surface area (Å²) in [6, 6.07) is 29.5. The van der Waals surface area contributed by atoms with E-state index in [2.05, 4.69) is 17.4 Å². The molecule has 0 bridgehead atoms. The molecule has 3 heteroatoms. The van der Waals surface area contributed by atoms with Crippen molar-refractivity contribution in [3.05, 3.63) is 108 Å². The van der Waals surface area contributed by atoms with E-state index in [1.807, 2.05) is 89.8 Å². The lowest BCUT2D eigenvalue weighted by molar-refractivity contribution is -0.114. The van der Waals surface area contributed by atoms with Gasteiger partial charge in [-0.15, -0.1) is 0 Å². The largest absolute Gasteiger partial charge is 0.351 e. The van der Waals surface area contributed by atoms with Crippen LogP contribution in [0.2, 0.25) is 0 Å². The highest BCUT2D eigenvalue weighted by atomic mass is 16.2. The van der Waals surface area contributed by atoms with Crippen LogP contribution in [0.15, 0.2) is 103 Å². The van der Waals surface area contributed by atoms with Crippen molar-refractivity contribution < 1.29 is 4.79 Å². The van der Waals surface area contributed by atoms with Gasteiger partial charge in [0.2, 0.25) is 0 Å². The van der Waals surface area contributed by atoms with Crippen molar-refractivity contribution in [2.75, 3.05) is 10.2 Å². The van der Waals surface area contributed by atoms with Gasteiger partial charge in [-0.2, -0.15) is 0 Å². The number of hydrogen-bond donors (Lipinski definition) is 1. The number of para-hydroxylation sites is 2. The van der Waals surface area contributed by atoms with Gasteiger partial charge < -0.3 is 5.32 Å². The van der Waals surface area contributed by atoms with Gasteiger partial charge in [0.25, 0.3) is 5.91 Å². The minimum absolute atomic E-state index is 0.0242. The molecule has 0 spiro atoms. The number of nitrogens with zero attached hydrogens (tertiary/aromatic N) is 1. The van der Waals surface area contributed by atoms with Crippen LogP contribution in [0, 0.1) is 0 Å². The van der Waals surface area contributed by atoms with E-state index in [4.69, 9.17) is 0 Å². The molecule has 1 amide bonds. The number of carbonyl (C=O) groups excluding carboxylic acids is 1. The third-order valence-electron chi connectivity index (χ3n) is 4.28. The molecule has 1 unspecified atom stereocenters. The summed E-state index contributed by atoms with van der Waals surface area (Å²) in [5, 5.41) is 3.26. The number of benzene rings is 3. The molecule has 0 aliphatic carbocycles. The van der Waals surface area contributed by atoms with Crippen molar-refractivity contribution >= 4 is 17.3 Å². The second kappa shape index (κ2) is 6.65. The lowest BCUT2D eigenvalue weighted by Crippen LogP contribution is -2.30. The van der Waals surface area contributed by atoms with E-state index >= 15 is 0 Å². The maximum absolute atomic E-state index is 13.1. The zero-order chi connectivity index (χ0) is 17.1. The van der Waals surface area contributed by atoms with Crippen molar-refractivity contribution in [3.63, 3.8) is 0 Å². The predicted molar refractivity (Wildman–Crippen MR) is 101 cm³/mol. The van der Waals surface area contributed by atoms with Gasteiger partial charge >= 0.3 is 0 Å². The summed E-state index contributed by atoms with van der Waals surface area (Å²) < 4.78 is 0. The molecule has 4 rings (SSSR count). The van der Waals surface area contributed by atoms with Gasteiger partial charge in [-0.05, 0) is 35.9 Å². The Morgan fingerprint density at radius 1 is 0.720 bits per heavy atom. The number of carbonyl (C=O) groups is 1. The fourth-order valence-corrected chi connectivity index (χ4v) is 3.09. The van der Waals surface area contributed by atoms with Crippen LogP contribution < -0.4 is 10.2 Å². The molecular formula is C22H18N2O. The highest BCUT2D eigenvalue weighted by Crippen LogP contribution is 2.35. The summed E-state index contributed by atoms with van der Waals surface area (Å²) in [5.74, 6) is -0.0242. The van der Waals surface area contributed by atoms with Gasteiger partial charge in [0, 0.05) is 11.4 Å². The molecule has 25 heavy (non-hydrogen) atoms. The highest BCUT2D eigenvalue weighted by molar-refractivity contribution is 6.10. The van der Waals surface area contributed by atoms with Crippen molar-refractivity contribution in [1.29, 1.82) is 0 Å². The summed E-state index contributed by atoms with van der Waals surface area (Å²) in [7, 11) is 0. The van der Waals surface area contributed by atoms with E-state index in [9.17, 15) is 4.79 Å². The quantitative estimate of drug-likeness (QED) is 0.749. The van der Waals surface area contributed by atoms with E-state index in [1.165, 1.54) is 0 Å². The van der Waals surface area contributed by atoms with Crippen molar-refractivity contribution in [3.8, 4) is 0 Å². The molecule has 1 atom stereocenters. The summed E-state index contributed by atoms with van der Waals surface area (Å²) in [6.45, 7) is 0. The Kier molecular flexibility index (Phi) is 4.05. The summed E-state index contributed by atoms with van der Waals surface area (Å²) in [5.41, 5.74) is 3.49. The van der Waals surface area contributed by atoms with E-state index < -0.39 is 0 Å². The number of nitrogens with one attached hydrogen (secondary N) is 1. The van der Waals surface area contributed by atoms with Crippen LogP contribution in [0.5, 0.6) is 0 Å². The van der Waals surface area contributed by atoms with E-state index in [0.717, 1.165) is 16.9 Å². The molecule has 1 aliphatic rings. The first-order valence-electron chi connectivity index (χ1n) is 8.30. The zero-order valence-electron chi connectivity index (χ0n) is 13.7. The SMILES string of the molecule is O=C1C(Nc2ccccc2)=CC(c2ccccc2)N1c1ccccc1. The molecule has 0 radical (unpaired) electrons. The number of rotatable bonds is 4. The van der Waals surface area contributed by atoms with Crippen molar-refractivity contribution in [2.24, 2.45) is 0 Å². The lowest BCUT2D eigenvalue weighted by atomic mass is 10.1. The molecule has 3 nitrogen and oxygen atoms in total. The van der Waals surface area contributed by atoms with E-state index in [0.29, 0.717) is 5.70 Å². The minimum Gasteiger partial charge on any atom is -0.351 e. The fourth-order valence-electron chi connectivity index (χ4n) is 3.09. The summed E-state index contributed by atoms with van der Waals surface area (Å²) in [6.07, 6.45) is 2.00. The van der Waals surface area contributed by atoms with Crippen LogP contribution in [-0.2, 0) is 4.79 Å². The van der Waals surface area contributed by atoms with Crippen LogP contribution in [0.25, 0.3) is 0 Å². The van der Waals surface area contributed by atoms with Crippen LogP contribution in [0.3, 0.4) is 0 Å². The third kappa shape index (κ3) is 3.04. The minimum atomic E-state index is -0.123. The van der Waals surface area contributed by atoms with Crippen molar-refractivity contribution in [1.82, 2.24) is 0 Å². The average Bonchev–Trinajstić information content (AvgIpc) is 3.00. The first-order valence-corrected chi connectivity index (χ1v) is 8.30. The normalized spacial score (nSPS) is 16.6. The van der Waals surface area contributed by atoms with E-state index in [1.54, 1.807) is 0 Å². The topological polar surface area (TPSA) is 32.3 Å². The average molecular weight is 326 g/mol. The van der Waals surface area contributed by atoms with Crippen LogP contribution in [-0.4, -0.2) is 5.91 Å². The van der Waals surface area contributed by atoms with Gasteiger partial charge in [-0.25, -0.2) is 0 Å². The van der Waals surface area contributed by atoms with Gasteiger partial charge in [0.15, 0.2) is 0 Å². The highest BCUT2D eigenvalue weighted by Gasteiger charge is 2.34. The standard InChI is InChI=1S/C22H18N2O/c25-22-20(23-18-12-6-2-7-13-18)16-21(17-10-4-1-5-11-17)24(22)19-14-8-3-9-15-19/h1-16,21,23H. The number of amides is 1. The molecule has 122 valence electrons. The van der Waals surface area contributed by atoms with Gasteiger partial charge in [0.1, 0.15) is 5.70 Å². The molecule has 0 saturated carbocycles. The van der Waals surface area contributed by atoms with Crippen LogP contribution in [0.1, 0.15) is 11.6 Å². The Morgan fingerprint density at radius 2 is 1.28 bits per heavy atom. The number of hydrogen-bond acceptors (Lipinski definition) is 2. The Bertz CT molecular complexity index is 889. The Hall–Kier alpha value is -3.33. The van der Waals surface area contributed by atoms with Gasteiger partial charge in [-0.1, -0.05) is 66.7 Å². The van der Waals surface area contributed by atoms with Gasteiger partial charge in [0.05, 0.1) is 6.04 Å². The Morgan fingerprint density at radius 3 is 1.92 bits per heavy atom. The van der Waals surface area contributed by atoms with Crippen LogP contribution >= 0.6 is 0 Å². The molecule has 1 aliphatic heterocycles. The van der Waals surface area contributed by atoms with Crippen molar-refractivity contribution in [2.45, 2.75) is 6.04 Å². The second-order valence-corrected chi connectivity index (χ2v) is 5.94. The monoisotopic (exact) mass is 326 g/mol. The summed E-state index contributed by atoms with van der Waals surface area (Å²) >= 11 is 0. The Balaban J connectivity index is 1.73. The molecule has 3 aromatic carbocycles. The smallest absolute Gasteiger partial charge is 0.275 e. The summed E-state index contributed by atoms with van der Waals surface area (Å²) in [4.78, 5) is 14.9. The molecule has 3 aromatic rings. The molecule has 0 aromatic heterocycles. The van der Waals surface area contributed by atoms with Gasteiger partial charge in [-0.3, -0.25) is 9.69 Å². The number of anilines is 2. The first kappa shape index (κ1) is 15.2. The fraction of sp³-hybridized carbons (Fsp3) is 0.0455. The molecule has 1 heterocycles. The Labute approximate surface area is 147 Å². The zero-order valence-corrected chi connectivity index (χ0v) is 13.7. The second-order valence-electron chi connectivity index (χ2n) is 5.94. The lowest BCUT2D eigenvalue weighted by Gasteiger charge is -2.25. The first-order chi connectivity index (χ1) is 12.3. The predicted octanol–water partition coefficient (Wildman–Crippen LogP) is 4.77. The van der Waals surface area contributed by atoms with E-state index in [-0.39, 0.29) is 11.9 Å². The molecule has 0 saturated heterocycles. The maximum Gasteiger partial charge on any atom is 0.275 e. The van der Waals surface area contributed by atoms with Crippen LogP contribution in [0.4, 0.5) is 11.4 Å². The molecular weight excluding hydrogens is 308 g/mol. The molecule has 0 fully saturated rings. The maximum atomic E-state index is 13.1.